The fourth-order valence-corrected chi connectivity index (χ4v) is 3.39. The van der Waals surface area contributed by atoms with Crippen molar-refractivity contribution in [2.24, 2.45) is 0 Å². The predicted molar refractivity (Wildman–Crippen MR) is 117 cm³/mol. The van der Waals surface area contributed by atoms with E-state index < -0.39 is 17.7 Å². The number of amides is 3. The summed E-state index contributed by atoms with van der Waals surface area (Å²) in [5.74, 6) is -2.08. The van der Waals surface area contributed by atoms with Gasteiger partial charge in [0.15, 0.2) is 0 Å². The van der Waals surface area contributed by atoms with Crippen LogP contribution in [-0.4, -0.2) is 28.4 Å². The molecule has 0 saturated heterocycles. The Balaban J connectivity index is 1.68. The number of nitrogens with one attached hydrogen (secondary N) is 3. The van der Waals surface area contributed by atoms with E-state index in [9.17, 15) is 14.4 Å². The van der Waals surface area contributed by atoms with Gasteiger partial charge in [0, 0.05) is 27.2 Å². The van der Waals surface area contributed by atoms with Gasteiger partial charge in [0.25, 0.3) is 5.91 Å². The first-order chi connectivity index (χ1) is 14.3. The molecule has 0 atom stereocenters. The van der Waals surface area contributed by atoms with Crippen LogP contribution in [0, 0.1) is 6.92 Å². The van der Waals surface area contributed by atoms with Gasteiger partial charge < -0.3 is 10.6 Å². The molecule has 1 saturated carbocycles. The summed E-state index contributed by atoms with van der Waals surface area (Å²) < 4.78 is 1.29. The molecule has 1 heterocycles. The number of nitrogens with zero attached hydrogens (tertiary/aromatic N) is 1. The number of fused-ring (bicyclic) bond motifs is 1. The maximum absolute atomic E-state index is 13.0. The molecule has 3 aromatic rings. The highest BCUT2D eigenvalue weighted by Crippen LogP contribution is 2.26. The Kier molecular flexibility index (Phi) is 5.40. The molecule has 1 aromatic heterocycles. The number of hydrogen-bond acceptors (Lipinski definition) is 3. The molecule has 0 radical (unpaired) electrons. The van der Waals surface area contributed by atoms with E-state index in [2.05, 4.69) is 16.1 Å². The quantitative estimate of drug-likeness (QED) is 0.533. The lowest BCUT2D eigenvalue weighted by Crippen LogP contribution is -2.40. The molecule has 2 aromatic carbocycles. The SMILES string of the molecule is Cc1c(Cl)cccc1NC(=O)c1cc2cc(Cl)ccc2n1NC(=O)C(=O)NC1CC1. The molecule has 154 valence electrons. The molecule has 1 aliphatic rings. The summed E-state index contributed by atoms with van der Waals surface area (Å²) in [5.41, 5.74) is 4.44. The Labute approximate surface area is 182 Å². The van der Waals surface area contributed by atoms with Crippen molar-refractivity contribution in [1.82, 2.24) is 9.99 Å². The third-order valence-electron chi connectivity index (χ3n) is 4.84. The molecule has 0 spiro atoms. The summed E-state index contributed by atoms with van der Waals surface area (Å²) in [6.45, 7) is 1.79. The normalized spacial score (nSPS) is 13.2. The lowest BCUT2D eigenvalue weighted by atomic mass is 10.2. The average Bonchev–Trinajstić information content (AvgIpc) is 3.45. The largest absolute Gasteiger partial charge is 0.345 e. The van der Waals surface area contributed by atoms with Crippen LogP contribution in [0.1, 0.15) is 28.9 Å². The lowest BCUT2D eigenvalue weighted by molar-refractivity contribution is -0.136. The van der Waals surface area contributed by atoms with Crippen LogP contribution in [0.4, 0.5) is 5.69 Å². The number of anilines is 1. The van der Waals surface area contributed by atoms with Gasteiger partial charge >= 0.3 is 11.8 Å². The van der Waals surface area contributed by atoms with Crippen molar-refractivity contribution in [2.75, 3.05) is 10.7 Å². The molecule has 3 N–H and O–H groups in total. The van der Waals surface area contributed by atoms with Crippen molar-refractivity contribution >= 4 is 57.5 Å². The Morgan fingerprint density at radius 3 is 2.53 bits per heavy atom. The summed E-state index contributed by atoms with van der Waals surface area (Å²) in [4.78, 5) is 37.5. The van der Waals surface area contributed by atoms with E-state index in [1.54, 1.807) is 49.4 Å². The second-order valence-corrected chi connectivity index (χ2v) is 7.97. The molecule has 0 aliphatic heterocycles. The van der Waals surface area contributed by atoms with Gasteiger partial charge in [-0.2, -0.15) is 0 Å². The van der Waals surface area contributed by atoms with Gasteiger partial charge in [0.05, 0.1) is 5.52 Å². The molecule has 1 aliphatic carbocycles. The van der Waals surface area contributed by atoms with E-state index in [1.165, 1.54) is 4.68 Å². The van der Waals surface area contributed by atoms with Gasteiger partial charge in [-0.1, -0.05) is 29.3 Å². The zero-order chi connectivity index (χ0) is 21.4. The van der Waals surface area contributed by atoms with Crippen LogP contribution in [0.5, 0.6) is 0 Å². The third-order valence-corrected chi connectivity index (χ3v) is 5.49. The van der Waals surface area contributed by atoms with E-state index in [0.29, 0.717) is 32.2 Å². The van der Waals surface area contributed by atoms with E-state index in [4.69, 9.17) is 23.2 Å². The topological polar surface area (TPSA) is 92.2 Å². The van der Waals surface area contributed by atoms with Gasteiger partial charge in [0.2, 0.25) is 0 Å². The first-order valence-electron chi connectivity index (χ1n) is 9.33. The van der Waals surface area contributed by atoms with E-state index in [0.717, 1.165) is 12.8 Å². The smallest absolute Gasteiger partial charge is 0.328 e. The minimum Gasteiger partial charge on any atom is -0.345 e. The van der Waals surface area contributed by atoms with Crippen LogP contribution >= 0.6 is 23.2 Å². The predicted octanol–water partition coefficient (Wildman–Crippen LogP) is 3.86. The van der Waals surface area contributed by atoms with Gasteiger partial charge in [-0.05, 0) is 61.7 Å². The first kappa shape index (κ1) is 20.3. The summed E-state index contributed by atoms with van der Waals surface area (Å²) in [6.07, 6.45) is 1.72. The van der Waals surface area contributed by atoms with Crippen molar-refractivity contribution in [2.45, 2.75) is 25.8 Å². The van der Waals surface area contributed by atoms with Crippen LogP contribution < -0.4 is 16.1 Å². The highest BCUT2D eigenvalue weighted by atomic mass is 35.5. The van der Waals surface area contributed by atoms with Gasteiger partial charge in [0.1, 0.15) is 5.69 Å². The summed E-state index contributed by atoms with van der Waals surface area (Å²) in [6, 6.07) is 11.8. The molecule has 0 unspecified atom stereocenters. The van der Waals surface area contributed by atoms with Crippen LogP contribution in [0.25, 0.3) is 10.9 Å². The number of aromatic nitrogens is 1. The fraction of sp³-hybridized carbons (Fsp3) is 0.190. The second kappa shape index (κ2) is 8.01. The Hall–Kier alpha value is -3.03. The minimum atomic E-state index is -0.859. The zero-order valence-corrected chi connectivity index (χ0v) is 17.5. The number of carbonyl (C=O) groups excluding carboxylic acids is 3. The van der Waals surface area contributed by atoms with Crippen molar-refractivity contribution in [3.8, 4) is 0 Å². The van der Waals surface area contributed by atoms with E-state index in [1.807, 2.05) is 0 Å². The second-order valence-electron chi connectivity index (χ2n) is 7.12. The summed E-state index contributed by atoms with van der Waals surface area (Å²) in [5, 5.41) is 7.06. The molecular formula is C21H18Cl2N4O3. The minimum absolute atomic E-state index is 0.0389. The molecule has 30 heavy (non-hydrogen) atoms. The number of halogens is 2. The molecule has 7 nitrogen and oxygen atoms in total. The van der Waals surface area contributed by atoms with Crippen LogP contribution in [0.15, 0.2) is 42.5 Å². The highest BCUT2D eigenvalue weighted by molar-refractivity contribution is 6.38. The van der Waals surface area contributed by atoms with Crippen molar-refractivity contribution in [3.63, 3.8) is 0 Å². The molecule has 0 bridgehead atoms. The average molecular weight is 445 g/mol. The maximum atomic E-state index is 13.0. The lowest BCUT2D eigenvalue weighted by Gasteiger charge is -2.13. The fourth-order valence-electron chi connectivity index (χ4n) is 3.03. The zero-order valence-electron chi connectivity index (χ0n) is 16.0. The van der Waals surface area contributed by atoms with Crippen molar-refractivity contribution in [1.29, 1.82) is 0 Å². The van der Waals surface area contributed by atoms with Crippen LogP contribution in [0.2, 0.25) is 10.0 Å². The summed E-state index contributed by atoms with van der Waals surface area (Å²) in [7, 11) is 0. The van der Waals surface area contributed by atoms with Gasteiger partial charge in [-0.25, -0.2) is 4.68 Å². The van der Waals surface area contributed by atoms with Crippen molar-refractivity contribution in [3.05, 3.63) is 63.8 Å². The number of rotatable bonds is 4. The van der Waals surface area contributed by atoms with Crippen LogP contribution in [-0.2, 0) is 9.59 Å². The third kappa shape index (κ3) is 4.13. The molecule has 3 amide bonds. The number of carbonyl (C=O) groups is 3. The van der Waals surface area contributed by atoms with E-state index in [-0.39, 0.29) is 11.7 Å². The highest BCUT2D eigenvalue weighted by Gasteiger charge is 2.27. The van der Waals surface area contributed by atoms with Gasteiger partial charge in [-0.15, -0.1) is 0 Å². The number of hydrogen-bond donors (Lipinski definition) is 3. The molecule has 1 fully saturated rings. The molecule has 9 heteroatoms. The molecule has 4 rings (SSSR count). The van der Waals surface area contributed by atoms with Crippen molar-refractivity contribution < 1.29 is 14.4 Å². The summed E-state index contributed by atoms with van der Waals surface area (Å²) >= 11 is 12.2. The van der Waals surface area contributed by atoms with Gasteiger partial charge in [-0.3, -0.25) is 19.8 Å². The maximum Gasteiger partial charge on any atom is 0.328 e. The monoisotopic (exact) mass is 444 g/mol. The standard InChI is InChI=1S/C21H18Cl2N4O3/c1-11-15(23)3-2-4-16(11)25-19(28)18-10-12-9-13(22)5-8-17(12)27(18)26-21(30)20(29)24-14-6-7-14/h2-5,8-10,14H,6-7H2,1H3,(H,24,29)(H,25,28)(H,26,30). The Bertz CT molecular complexity index is 1180. The Morgan fingerprint density at radius 1 is 1.03 bits per heavy atom. The number of benzene rings is 2. The Morgan fingerprint density at radius 2 is 1.80 bits per heavy atom. The molecular weight excluding hydrogens is 427 g/mol. The first-order valence-corrected chi connectivity index (χ1v) is 10.1. The van der Waals surface area contributed by atoms with E-state index >= 15 is 0 Å². The van der Waals surface area contributed by atoms with Crippen LogP contribution in [0.3, 0.4) is 0 Å².